The first-order valence-corrected chi connectivity index (χ1v) is 9.80. The molecule has 1 amide bonds. The number of carbonyl (C=O) groups is 1. The van der Waals surface area contributed by atoms with Gasteiger partial charge >= 0.3 is 0 Å². The number of aromatic nitrogens is 1. The van der Waals surface area contributed by atoms with Gasteiger partial charge in [-0.1, -0.05) is 30.3 Å². The Morgan fingerprint density at radius 3 is 2.64 bits per heavy atom. The molecule has 1 fully saturated rings. The van der Waals surface area contributed by atoms with Crippen molar-refractivity contribution in [1.82, 2.24) is 10.3 Å². The monoisotopic (exact) mass is 394 g/mol. The number of hydrogen-bond acceptors (Lipinski definition) is 6. The smallest absolute Gasteiger partial charge is 0.293 e. The molecule has 8 heteroatoms. The first-order valence-electron chi connectivity index (χ1n) is 8.92. The van der Waals surface area contributed by atoms with E-state index in [1.165, 1.54) is 17.4 Å². The number of thiazole rings is 1. The minimum absolute atomic E-state index is 0.138. The molecule has 7 nitrogen and oxygen atoms in total. The highest BCUT2D eigenvalue weighted by Crippen LogP contribution is 2.33. The SMILES string of the molecule is O=C(NC1CC1)c1ccc(NC(c2ccccc2)c2nccs2)c([N+](=O)[O-])c1. The van der Waals surface area contributed by atoms with Gasteiger partial charge in [-0.15, -0.1) is 11.3 Å². The number of hydrogen-bond donors (Lipinski definition) is 2. The first kappa shape index (κ1) is 18.1. The van der Waals surface area contributed by atoms with Crippen molar-refractivity contribution in [3.8, 4) is 0 Å². The van der Waals surface area contributed by atoms with E-state index in [-0.39, 0.29) is 29.2 Å². The summed E-state index contributed by atoms with van der Waals surface area (Å²) in [6.07, 6.45) is 3.62. The van der Waals surface area contributed by atoms with E-state index in [1.807, 2.05) is 35.7 Å². The normalized spacial score (nSPS) is 14.3. The largest absolute Gasteiger partial charge is 0.366 e. The van der Waals surface area contributed by atoms with E-state index in [4.69, 9.17) is 0 Å². The fourth-order valence-electron chi connectivity index (χ4n) is 2.91. The zero-order chi connectivity index (χ0) is 19.5. The maximum atomic E-state index is 12.2. The summed E-state index contributed by atoms with van der Waals surface area (Å²) in [5, 5.41) is 20.4. The Labute approximate surface area is 165 Å². The van der Waals surface area contributed by atoms with Crippen LogP contribution in [0.5, 0.6) is 0 Å². The van der Waals surface area contributed by atoms with E-state index >= 15 is 0 Å². The van der Waals surface area contributed by atoms with Gasteiger partial charge in [-0.05, 0) is 30.5 Å². The summed E-state index contributed by atoms with van der Waals surface area (Å²) >= 11 is 1.47. The number of carbonyl (C=O) groups excluding carboxylic acids is 1. The van der Waals surface area contributed by atoms with E-state index in [1.54, 1.807) is 18.3 Å². The number of nitrogens with one attached hydrogen (secondary N) is 2. The molecule has 1 saturated carbocycles. The highest BCUT2D eigenvalue weighted by atomic mass is 32.1. The molecule has 3 aromatic rings. The first-order chi connectivity index (χ1) is 13.6. The third kappa shape index (κ3) is 4.01. The maximum absolute atomic E-state index is 12.2. The van der Waals surface area contributed by atoms with Crippen LogP contribution >= 0.6 is 11.3 Å². The Morgan fingerprint density at radius 2 is 2.00 bits per heavy atom. The fourth-order valence-corrected chi connectivity index (χ4v) is 3.62. The summed E-state index contributed by atoms with van der Waals surface area (Å²) < 4.78 is 0. The molecule has 2 N–H and O–H groups in total. The lowest BCUT2D eigenvalue weighted by molar-refractivity contribution is -0.384. The van der Waals surface area contributed by atoms with E-state index < -0.39 is 4.92 Å². The van der Waals surface area contributed by atoms with Crippen molar-refractivity contribution in [3.05, 3.63) is 86.4 Å². The van der Waals surface area contributed by atoms with Crippen LogP contribution in [-0.2, 0) is 0 Å². The van der Waals surface area contributed by atoms with E-state index in [0.717, 1.165) is 23.4 Å². The number of amides is 1. The van der Waals surface area contributed by atoms with Crippen molar-refractivity contribution in [2.24, 2.45) is 0 Å². The molecule has 0 saturated heterocycles. The van der Waals surface area contributed by atoms with Gasteiger partial charge in [-0.2, -0.15) is 0 Å². The van der Waals surface area contributed by atoms with Crippen molar-refractivity contribution in [2.45, 2.75) is 24.9 Å². The molecular weight excluding hydrogens is 376 g/mol. The van der Waals surface area contributed by atoms with Gasteiger partial charge in [0.1, 0.15) is 16.7 Å². The summed E-state index contributed by atoms with van der Waals surface area (Å²) in [6, 6.07) is 14.0. The molecule has 0 spiro atoms. The number of nitrogens with zero attached hydrogens (tertiary/aromatic N) is 2. The molecule has 28 heavy (non-hydrogen) atoms. The van der Waals surface area contributed by atoms with Gasteiger partial charge in [-0.25, -0.2) is 4.98 Å². The molecule has 1 unspecified atom stereocenters. The maximum Gasteiger partial charge on any atom is 0.293 e. The molecule has 1 atom stereocenters. The number of nitro groups is 1. The van der Waals surface area contributed by atoms with Gasteiger partial charge in [0.05, 0.1) is 4.92 Å². The average molecular weight is 394 g/mol. The standard InChI is InChI=1S/C20H18N4O3S/c25-19(22-15-7-8-15)14-6-9-16(17(12-14)24(26)27)23-18(20-21-10-11-28-20)13-4-2-1-3-5-13/h1-6,9-12,15,18,23H,7-8H2,(H,22,25). The minimum Gasteiger partial charge on any atom is -0.366 e. The van der Waals surface area contributed by atoms with Crippen molar-refractivity contribution in [3.63, 3.8) is 0 Å². The van der Waals surface area contributed by atoms with Gasteiger partial charge in [0, 0.05) is 29.2 Å². The number of benzene rings is 2. The van der Waals surface area contributed by atoms with Crippen LogP contribution < -0.4 is 10.6 Å². The molecule has 2 aromatic carbocycles. The predicted molar refractivity (Wildman–Crippen MR) is 108 cm³/mol. The molecule has 1 heterocycles. The summed E-state index contributed by atoms with van der Waals surface area (Å²) in [5.41, 5.74) is 1.44. The number of anilines is 1. The summed E-state index contributed by atoms with van der Waals surface area (Å²) in [7, 11) is 0. The molecule has 0 bridgehead atoms. The van der Waals surface area contributed by atoms with Gasteiger partial charge in [0.25, 0.3) is 11.6 Å². The second kappa shape index (κ2) is 7.77. The summed E-state index contributed by atoms with van der Waals surface area (Å²) in [5.74, 6) is -0.281. The Bertz CT molecular complexity index is 988. The van der Waals surface area contributed by atoms with E-state index in [2.05, 4.69) is 15.6 Å². The van der Waals surface area contributed by atoms with Gasteiger partial charge < -0.3 is 10.6 Å². The summed E-state index contributed by atoms with van der Waals surface area (Å²) in [6.45, 7) is 0. The van der Waals surface area contributed by atoms with Crippen LogP contribution in [0.4, 0.5) is 11.4 Å². The van der Waals surface area contributed by atoms with Crippen molar-refractivity contribution in [2.75, 3.05) is 5.32 Å². The highest BCUT2D eigenvalue weighted by Gasteiger charge is 2.26. The van der Waals surface area contributed by atoms with Crippen LogP contribution in [0.3, 0.4) is 0 Å². The Hall–Kier alpha value is -3.26. The average Bonchev–Trinajstić information content (AvgIpc) is 3.36. The molecule has 142 valence electrons. The highest BCUT2D eigenvalue weighted by molar-refractivity contribution is 7.09. The van der Waals surface area contributed by atoms with Crippen molar-refractivity contribution >= 4 is 28.6 Å². The molecule has 0 radical (unpaired) electrons. The molecule has 1 aromatic heterocycles. The van der Waals surface area contributed by atoms with Crippen LogP contribution in [0.2, 0.25) is 0 Å². The Morgan fingerprint density at radius 1 is 1.21 bits per heavy atom. The molecule has 1 aliphatic carbocycles. The third-order valence-electron chi connectivity index (χ3n) is 4.50. The van der Waals surface area contributed by atoms with E-state index in [9.17, 15) is 14.9 Å². The van der Waals surface area contributed by atoms with Crippen LogP contribution in [0.15, 0.2) is 60.1 Å². The lowest BCUT2D eigenvalue weighted by Gasteiger charge is -2.18. The summed E-state index contributed by atoms with van der Waals surface area (Å²) in [4.78, 5) is 27.8. The van der Waals surface area contributed by atoms with Gasteiger partial charge in [-0.3, -0.25) is 14.9 Å². The molecule has 0 aliphatic heterocycles. The number of nitro benzene ring substituents is 1. The van der Waals surface area contributed by atoms with Crippen LogP contribution in [0.25, 0.3) is 0 Å². The predicted octanol–water partition coefficient (Wildman–Crippen LogP) is 4.15. The van der Waals surface area contributed by atoms with E-state index in [0.29, 0.717) is 5.69 Å². The van der Waals surface area contributed by atoms with Crippen LogP contribution in [-0.4, -0.2) is 21.9 Å². The molecule has 1 aliphatic rings. The number of rotatable bonds is 7. The van der Waals surface area contributed by atoms with Crippen LogP contribution in [0.1, 0.15) is 39.8 Å². The molecule has 4 rings (SSSR count). The quantitative estimate of drug-likeness (QED) is 0.464. The lowest BCUT2D eigenvalue weighted by Crippen LogP contribution is -2.25. The topological polar surface area (TPSA) is 97.2 Å². The molecular formula is C20H18N4O3S. The second-order valence-corrected chi connectivity index (χ2v) is 7.52. The minimum atomic E-state index is -0.472. The Kier molecular flexibility index (Phi) is 5.03. The lowest BCUT2D eigenvalue weighted by atomic mass is 10.1. The zero-order valence-corrected chi connectivity index (χ0v) is 15.7. The third-order valence-corrected chi connectivity index (χ3v) is 5.34. The van der Waals surface area contributed by atoms with Crippen LogP contribution in [0, 0.1) is 10.1 Å². The van der Waals surface area contributed by atoms with Gasteiger partial charge in [0.15, 0.2) is 0 Å². The second-order valence-electron chi connectivity index (χ2n) is 6.60. The zero-order valence-electron chi connectivity index (χ0n) is 14.9. The fraction of sp³-hybridized carbons (Fsp3) is 0.200. The van der Waals surface area contributed by atoms with Gasteiger partial charge in [0.2, 0.25) is 0 Å². The Balaban J connectivity index is 1.66. The van der Waals surface area contributed by atoms with Crippen molar-refractivity contribution < 1.29 is 9.72 Å². The van der Waals surface area contributed by atoms with Crippen molar-refractivity contribution in [1.29, 1.82) is 0 Å².